The Balaban J connectivity index is 2.72. The van der Waals surface area contributed by atoms with E-state index < -0.39 is 0 Å². The minimum atomic E-state index is 0.555. The number of rotatable bonds is 4. The van der Waals surface area contributed by atoms with Gasteiger partial charge in [0, 0.05) is 0 Å². The van der Waals surface area contributed by atoms with E-state index in [4.69, 9.17) is 4.74 Å². The lowest BCUT2D eigenvalue weighted by atomic mass is 10.2. The normalized spacial score (nSPS) is 10.2. The molecule has 0 unspecified atom stereocenters. The lowest BCUT2D eigenvalue weighted by Gasteiger charge is -2.03. The van der Waals surface area contributed by atoms with Crippen molar-refractivity contribution in [2.24, 2.45) is 0 Å². The summed E-state index contributed by atoms with van der Waals surface area (Å²) in [6, 6.07) is 7.97. The first-order chi connectivity index (χ1) is 6.36. The van der Waals surface area contributed by atoms with Crippen molar-refractivity contribution in [3.8, 4) is 5.75 Å². The number of hydrogen-bond acceptors (Lipinski definition) is 1. The molecule has 0 N–H and O–H groups in total. The molecule has 0 saturated carbocycles. The standard InChI is InChI=1S/C12H14O/c1-3-6-11-7-5-8-12(10-11)13-9-4-2/h3-8,10H,2,9H2,1H3/b6-3+. The molecule has 0 amide bonds. The number of benzene rings is 1. The molecule has 0 heterocycles. The van der Waals surface area contributed by atoms with Gasteiger partial charge in [0.1, 0.15) is 12.4 Å². The summed E-state index contributed by atoms with van der Waals surface area (Å²) in [5.41, 5.74) is 1.16. The van der Waals surface area contributed by atoms with Crippen molar-refractivity contribution in [2.45, 2.75) is 6.92 Å². The van der Waals surface area contributed by atoms with E-state index in [9.17, 15) is 0 Å². The molecule has 68 valence electrons. The van der Waals surface area contributed by atoms with Gasteiger partial charge < -0.3 is 4.74 Å². The van der Waals surface area contributed by atoms with Crippen molar-refractivity contribution >= 4 is 6.08 Å². The third-order valence-electron chi connectivity index (χ3n) is 1.59. The molecule has 1 aromatic rings. The first-order valence-electron chi connectivity index (χ1n) is 4.33. The second-order valence-electron chi connectivity index (χ2n) is 2.67. The summed E-state index contributed by atoms with van der Waals surface area (Å²) in [5.74, 6) is 0.885. The first kappa shape index (κ1) is 9.59. The van der Waals surface area contributed by atoms with E-state index in [-0.39, 0.29) is 0 Å². The molecule has 1 aromatic carbocycles. The van der Waals surface area contributed by atoms with Crippen LogP contribution in [0.25, 0.3) is 6.08 Å². The Morgan fingerprint density at radius 2 is 2.31 bits per heavy atom. The van der Waals surface area contributed by atoms with Crippen molar-refractivity contribution in [1.82, 2.24) is 0 Å². The monoisotopic (exact) mass is 174 g/mol. The van der Waals surface area contributed by atoms with E-state index in [2.05, 4.69) is 6.58 Å². The Morgan fingerprint density at radius 3 is 3.00 bits per heavy atom. The third kappa shape index (κ3) is 3.16. The zero-order valence-electron chi connectivity index (χ0n) is 7.86. The van der Waals surface area contributed by atoms with Crippen LogP contribution in [0.15, 0.2) is 43.0 Å². The van der Waals surface area contributed by atoms with Gasteiger partial charge in [-0.2, -0.15) is 0 Å². The van der Waals surface area contributed by atoms with Crippen molar-refractivity contribution in [3.05, 3.63) is 48.6 Å². The fourth-order valence-corrected chi connectivity index (χ4v) is 1.06. The van der Waals surface area contributed by atoms with Crippen LogP contribution < -0.4 is 4.74 Å². The molecule has 0 spiro atoms. The van der Waals surface area contributed by atoms with Gasteiger partial charge in [-0.15, -0.1) is 0 Å². The van der Waals surface area contributed by atoms with Crippen LogP contribution in [-0.2, 0) is 0 Å². The molecule has 1 rings (SSSR count). The zero-order chi connectivity index (χ0) is 9.52. The first-order valence-corrected chi connectivity index (χ1v) is 4.33. The Labute approximate surface area is 79.4 Å². The summed E-state index contributed by atoms with van der Waals surface area (Å²) < 4.78 is 5.39. The molecule has 0 aliphatic heterocycles. The minimum Gasteiger partial charge on any atom is -0.490 e. The second kappa shape index (κ2) is 5.20. The van der Waals surface area contributed by atoms with Crippen LogP contribution in [0, 0.1) is 0 Å². The van der Waals surface area contributed by atoms with Gasteiger partial charge in [-0.3, -0.25) is 0 Å². The van der Waals surface area contributed by atoms with Gasteiger partial charge in [0.2, 0.25) is 0 Å². The van der Waals surface area contributed by atoms with Crippen molar-refractivity contribution in [3.63, 3.8) is 0 Å². The van der Waals surface area contributed by atoms with Crippen LogP contribution in [0.3, 0.4) is 0 Å². The van der Waals surface area contributed by atoms with E-state index in [1.807, 2.05) is 43.3 Å². The molecule has 1 nitrogen and oxygen atoms in total. The van der Waals surface area contributed by atoms with Crippen LogP contribution >= 0.6 is 0 Å². The fraction of sp³-hybridized carbons (Fsp3) is 0.167. The van der Waals surface area contributed by atoms with Crippen LogP contribution in [0.4, 0.5) is 0 Å². The largest absolute Gasteiger partial charge is 0.490 e. The Kier molecular flexibility index (Phi) is 3.83. The Bertz CT molecular complexity index is 300. The molecular weight excluding hydrogens is 160 g/mol. The lowest BCUT2D eigenvalue weighted by molar-refractivity contribution is 0.363. The van der Waals surface area contributed by atoms with Gasteiger partial charge in [0.15, 0.2) is 0 Å². The summed E-state index contributed by atoms with van der Waals surface area (Å²) in [6.45, 7) is 6.15. The van der Waals surface area contributed by atoms with Gasteiger partial charge in [-0.25, -0.2) is 0 Å². The summed E-state index contributed by atoms with van der Waals surface area (Å²) >= 11 is 0. The summed E-state index contributed by atoms with van der Waals surface area (Å²) in [5, 5.41) is 0. The predicted octanol–water partition coefficient (Wildman–Crippen LogP) is 3.28. The highest BCUT2D eigenvalue weighted by Gasteiger charge is 1.91. The summed E-state index contributed by atoms with van der Waals surface area (Å²) in [7, 11) is 0. The molecule has 0 atom stereocenters. The molecule has 0 aliphatic rings. The second-order valence-corrected chi connectivity index (χ2v) is 2.67. The van der Waals surface area contributed by atoms with Crippen LogP contribution in [0.1, 0.15) is 12.5 Å². The molecule has 1 heteroatoms. The molecule has 0 aliphatic carbocycles. The van der Waals surface area contributed by atoms with E-state index in [1.54, 1.807) is 6.08 Å². The van der Waals surface area contributed by atoms with Gasteiger partial charge in [0.25, 0.3) is 0 Å². The summed E-state index contributed by atoms with van der Waals surface area (Å²) in [4.78, 5) is 0. The fourth-order valence-electron chi connectivity index (χ4n) is 1.06. The molecule has 0 bridgehead atoms. The van der Waals surface area contributed by atoms with E-state index in [0.717, 1.165) is 11.3 Å². The molecule has 0 fully saturated rings. The van der Waals surface area contributed by atoms with Crippen molar-refractivity contribution < 1.29 is 4.74 Å². The average molecular weight is 174 g/mol. The predicted molar refractivity (Wildman–Crippen MR) is 56.8 cm³/mol. The Morgan fingerprint density at radius 1 is 1.46 bits per heavy atom. The van der Waals surface area contributed by atoms with Gasteiger partial charge in [-0.05, 0) is 24.6 Å². The number of allylic oxidation sites excluding steroid dienone is 1. The number of hydrogen-bond donors (Lipinski definition) is 0. The average Bonchev–Trinajstić information content (AvgIpc) is 2.16. The van der Waals surface area contributed by atoms with Crippen LogP contribution in [0.2, 0.25) is 0 Å². The minimum absolute atomic E-state index is 0.555. The number of ether oxygens (including phenoxy) is 1. The van der Waals surface area contributed by atoms with Gasteiger partial charge in [-0.1, -0.05) is 36.9 Å². The zero-order valence-corrected chi connectivity index (χ0v) is 7.86. The maximum Gasteiger partial charge on any atom is 0.120 e. The molecule has 13 heavy (non-hydrogen) atoms. The van der Waals surface area contributed by atoms with Gasteiger partial charge in [0.05, 0.1) is 0 Å². The molecule has 0 radical (unpaired) electrons. The quantitative estimate of drug-likeness (QED) is 0.636. The highest BCUT2D eigenvalue weighted by atomic mass is 16.5. The van der Waals surface area contributed by atoms with E-state index in [1.165, 1.54) is 0 Å². The SMILES string of the molecule is C=CCOc1cccc(/C=C/C)c1. The van der Waals surface area contributed by atoms with E-state index >= 15 is 0 Å². The highest BCUT2D eigenvalue weighted by molar-refractivity contribution is 5.51. The maximum absolute atomic E-state index is 5.39. The summed E-state index contributed by atoms with van der Waals surface area (Å²) in [6.07, 6.45) is 5.79. The maximum atomic E-state index is 5.39. The topological polar surface area (TPSA) is 9.23 Å². The van der Waals surface area contributed by atoms with Crippen LogP contribution in [-0.4, -0.2) is 6.61 Å². The van der Waals surface area contributed by atoms with Gasteiger partial charge >= 0.3 is 0 Å². The molecular formula is C12H14O. The highest BCUT2D eigenvalue weighted by Crippen LogP contribution is 2.14. The molecule has 0 aromatic heterocycles. The van der Waals surface area contributed by atoms with E-state index in [0.29, 0.717) is 6.61 Å². The molecule has 0 saturated heterocycles. The third-order valence-corrected chi connectivity index (χ3v) is 1.59. The van der Waals surface area contributed by atoms with Crippen molar-refractivity contribution in [2.75, 3.05) is 6.61 Å². The van der Waals surface area contributed by atoms with Crippen LogP contribution in [0.5, 0.6) is 5.75 Å². The Hall–Kier alpha value is -1.50. The lowest BCUT2D eigenvalue weighted by Crippen LogP contribution is -1.92. The van der Waals surface area contributed by atoms with Crippen molar-refractivity contribution in [1.29, 1.82) is 0 Å². The smallest absolute Gasteiger partial charge is 0.120 e.